The van der Waals surface area contributed by atoms with Gasteiger partial charge in [0, 0.05) is 19.7 Å². The highest BCUT2D eigenvalue weighted by molar-refractivity contribution is 5.79. The Hall–Kier alpha value is -1.30. The molecule has 20 heavy (non-hydrogen) atoms. The van der Waals surface area contributed by atoms with Crippen molar-refractivity contribution in [1.29, 1.82) is 0 Å². The number of nitrogens with one attached hydrogen (secondary N) is 2. The Morgan fingerprint density at radius 1 is 1.30 bits per heavy atom. The van der Waals surface area contributed by atoms with Crippen LogP contribution in [0.1, 0.15) is 45.4 Å². The average Bonchev–Trinajstić information content (AvgIpc) is 2.71. The lowest BCUT2D eigenvalue weighted by atomic mass is 9.80. The highest BCUT2D eigenvalue weighted by atomic mass is 16.5. The second-order valence-electron chi connectivity index (χ2n) is 6.24. The van der Waals surface area contributed by atoms with Crippen molar-refractivity contribution in [3.63, 3.8) is 0 Å². The molecule has 2 aliphatic carbocycles. The standard InChI is InChI=1S/C14H24N2O4/c1-13(11(17)18)6-3-5-10(13)16-12(19)15-9-14(20-2)7-4-8-14/h10H,3-9H2,1-2H3,(H,17,18)(H2,15,16,19). The Balaban J connectivity index is 1.84. The van der Waals surface area contributed by atoms with Crippen LogP contribution in [0.4, 0.5) is 4.79 Å². The van der Waals surface area contributed by atoms with E-state index in [0.717, 1.165) is 25.7 Å². The van der Waals surface area contributed by atoms with E-state index in [0.29, 0.717) is 19.4 Å². The minimum absolute atomic E-state index is 0.219. The van der Waals surface area contributed by atoms with Crippen molar-refractivity contribution in [1.82, 2.24) is 10.6 Å². The molecule has 0 bridgehead atoms. The molecule has 6 nitrogen and oxygen atoms in total. The number of hydrogen-bond donors (Lipinski definition) is 3. The molecule has 2 atom stereocenters. The molecule has 2 rings (SSSR count). The van der Waals surface area contributed by atoms with E-state index in [4.69, 9.17) is 4.74 Å². The third-order valence-electron chi connectivity index (χ3n) is 5.02. The molecule has 2 saturated carbocycles. The first-order valence-electron chi connectivity index (χ1n) is 7.25. The third kappa shape index (κ3) is 2.75. The van der Waals surface area contributed by atoms with Crippen LogP contribution in [0, 0.1) is 5.41 Å². The van der Waals surface area contributed by atoms with Crippen molar-refractivity contribution in [2.75, 3.05) is 13.7 Å². The van der Waals surface area contributed by atoms with E-state index < -0.39 is 11.4 Å². The van der Waals surface area contributed by atoms with Crippen molar-refractivity contribution in [3.8, 4) is 0 Å². The molecule has 6 heteroatoms. The van der Waals surface area contributed by atoms with Crippen molar-refractivity contribution in [2.45, 2.75) is 57.1 Å². The molecular weight excluding hydrogens is 260 g/mol. The Labute approximate surface area is 119 Å². The van der Waals surface area contributed by atoms with Crippen LogP contribution in [0.25, 0.3) is 0 Å². The van der Waals surface area contributed by atoms with Crippen molar-refractivity contribution in [3.05, 3.63) is 0 Å². The lowest BCUT2D eigenvalue weighted by molar-refractivity contribution is -0.148. The molecule has 0 heterocycles. The Morgan fingerprint density at radius 3 is 2.50 bits per heavy atom. The molecule has 0 radical (unpaired) electrons. The van der Waals surface area contributed by atoms with Crippen molar-refractivity contribution in [2.24, 2.45) is 5.41 Å². The molecule has 2 aliphatic rings. The van der Waals surface area contributed by atoms with Gasteiger partial charge in [-0.15, -0.1) is 0 Å². The number of amides is 2. The van der Waals surface area contributed by atoms with Crippen LogP contribution in [0.2, 0.25) is 0 Å². The van der Waals surface area contributed by atoms with Gasteiger partial charge in [0.1, 0.15) is 0 Å². The Kier molecular flexibility index (Phi) is 4.22. The van der Waals surface area contributed by atoms with Gasteiger partial charge < -0.3 is 20.5 Å². The number of rotatable bonds is 5. The molecule has 0 spiro atoms. The summed E-state index contributed by atoms with van der Waals surface area (Å²) in [5.74, 6) is -0.840. The van der Waals surface area contributed by atoms with Crippen molar-refractivity contribution >= 4 is 12.0 Å². The summed E-state index contributed by atoms with van der Waals surface area (Å²) in [7, 11) is 1.66. The second kappa shape index (κ2) is 5.60. The molecule has 0 aromatic rings. The summed E-state index contributed by atoms with van der Waals surface area (Å²) in [5.41, 5.74) is -1.07. The summed E-state index contributed by atoms with van der Waals surface area (Å²) in [6.07, 6.45) is 5.19. The number of carboxylic acids is 1. The van der Waals surface area contributed by atoms with E-state index in [1.54, 1.807) is 14.0 Å². The van der Waals surface area contributed by atoms with Gasteiger partial charge in [0.25, 0.3) is 0 Å². The fourth-order valence-corrected chi connectivity index (χ4v) is 3.13. The quantitative estimate of drug-likeness (QED) is 0.714. The van der Waals surface area contributed by atoms with Gasteiger partial charge in [0.2, 0.25) is 0 Å². The number of hydrogen-bond acceptors (Lipinski definition) is 3. The minimum atomic E-state index is -0.854. The largest absolute Gasteiger partial charge is 0.481 e. The van der Waals surface area contributed by atoms with Gasteiger partial charge in [-0.05, 0) is 39.0 Å². The first-order valence-corrected chi connectivity index (χ1v) is 7.25. The Bertz CT molecular complexity index is 389. The van der Waals surface area contributed by atoms with E-state index in [2.05, 4.69) is 10.6 Å². The van der Waals surface area contributed by atoms with E-state index in [1.165, 1.54) is 0 Å². The molecular formula is C14H24N2O4. The summed E-state index contributed by atoms with van der Waals surface area (Å²) < 4.78 is 5.44. The zero-order valence-electron chi connectivity index (χ0n) is 12.2. The number of ether oxygens (including phenoxy) is 1. The van der Waals surface area contributed by atoms with Crippen molar-refractivity contribution < 1.29 is 19.4 Å². The first-order chi connectivity index (χ1) is 9.42. The predicted molar refractivity (Wildman–Crippen MR) is 73.5 cm³/mol. The average molecular weight is 284 g/mol. The minimum Gasteiger partial charge on any atom is -0.481 e. The molecule has 0 aliphatic heterocycles. The summed E-state index contributed by atoms with van der Waals surface area (Å²) in [4.78, 5) is 23.3. The lowest BCUT2D eigenvalue weighted by Gasteiger charge is -2.40. The van der Waals surface area contributed by atoms with Crippen LogP contribution in [0.3, 0.4) is 0 Å². The summed E-state index contributed by atoms with van der Waals surface area (Å²) >= 11 is 0. The normalized spacial score (nSPS) is 31.4. The molecule has 2 amide bonds. The highest BCUT2D eigenvalue weighted by Gasteiger charge is 2.46. The van der Waals surface area contributed by atoms with Crippen LogP contribution in [-0.4, -0.2) is 42.4 Å². The summed E-state index contributed by atoms with van der Waals surface area (Å²) in [6.45, 7) is 2.18. The summed E-state index contributed by atoms with van der Waals surface area (Å²) in [6, 6.07) is -0.604. The van der Waals surface area contributed by atoms with Gasteiger partial charge in [-0.3, -0.25) is 4.79 Å². The Morgan fingerprint density at radius 2 is 2.00 bits per heavy atom. The smallest absolute Gasteiger partial charge is 0.315 e. The SMILES string of the molecule is COC1(CNC(=O)NC2CCCC2(C)C(=O)O)CCC1. The zero-order chi connectivity index (χ0) is 14.8. The number of aliphatic carboxylic acids is 1. The maximum absolute atomic E-state index is 11.9. The maximum Gasteiger partial charge on any atom is 0.315 e. The fourth-order valence-electron chi connectivity index (χ4n) is 3.13. The molecule has 3 N–H and O–H groups in total. The van der Waals surface area contributed by atoms with Gasteiger partial charge >= 0.3 is 12.0 Å². The van der Waals surface area contributed by atoms with E-state index >= 15 is 0 Å². The van der Waals surface area contributed by atoms with Gasteiger partial charge in [-0.25, -0.2) is 4.79 Å². The van der Waals surface area contributed by atoms with Crippen LogP contribution < -0.4 is 10.6 Å². The highest BCUT2D eigenvalue weighted by Crippen LogP contribution is 2.38. The van der Waals surface area contributed by atoms with Gasteiger partial charge in [-0.2, -0.15) is 0 Å². The number of carbonyl (C=O) groups excluding carboxylic acids is 1. The molecule has 0 aromatic heterocycles. The topological polar surface area (TPSA) is 87.7 Å². The van der Waals surface area contributed by atoms with Crippen LogP contribution >= 0.6 is 0 Å². The van der Waals surface area contributed by atoms with E-state index in [-0.39, 0.29) is 17.7 Å². The molecule has 2 unspecified atom stereocenters. The van der Waals surface area contributed by atoms with Gasteiger partial charge in [0.05, 0.1) is 11.0 Å². The number of urea groups is 1. The van der Waals surface area contributed by atoms with E-state index in [9.17, 15) is 14.7 Å². The lowest BCUT2D eigenvalue weighted by Crippen LogP contribution is -2.55. The molecule has 2 fully saturated rings. The maximum atomic E-state index is 11.9. The van der Waals surface area contributed by atoms with Crippen LogP contribution in [0.15, 0.2) is 0 Å². The number of carboxylic acid groups (broad SMARTS) is 1. The fraction of sp³-hybridized carbons (Fsp3) is 0.857. The first kappa shape index (κ1) is 15.1. The second-order valence-corrected chi connectivity index (χ2v) is 6.24. The predicted octanol–water partition coefficient (Wildman–Crippen LogP) is 1.50. The molecule has 114 valence electrons. The number of methoxy groups -OCH3 is 1. The van der Waals surface area contributed by atoms with Gasteiger partial charge in [-0.1, -0.05) is 6.42 Å². The van der Waals surface area contributed by atoms with E-state index in [1.807, 2.05) is 0 Å². The summed E-state index contributed by atoms with van der Waals surface area (Å²) in [5, 5.41) is 14.9. The zero-order valence-corrected chi connectivity index (χ0v) is 12.2. The molecule has 0 saturated heterocycles. The van der Waals surface area contributed by atoms with Crippen LogP contribution in [-0.2, 0) is 9.53 Å². The van der Waals surface area contributed by atoms with Crippen LogP contribution in [0.5, 0.6) is 0 Å². The van der Waals surface area contributed by atoms with Gasteiger partial charge in [0.15, 0.2) is 0 Å². The monoisotopic (exact) mass is 284 g/mol. The third-order valence-corrected chi connectivity index (χ3v) is 5.02. The number of carbonyl (C=O) groups is 2. The molecule has 0 aromatic carbocycles.